The molecule has 1 aliphatic heterocycles. The quantitative estimate of drug-likeness (QED) is 0.424. The Morgan fingerprint density at radius 2 is 1.48 bits per heavy atom. The van der Waals surface area contributed by atoms with Gasteiger partial charge in [0, 0.05) is 15.7 Å². The van der Waals surface area contributed by atoms with E-state index in [0.29, 0.717) is 5.92 Å². The molecule has 114 valence electrons. The van der Waals surface area contributed by atoms with Crippen LogP contribution in [-0.2, 0) is 6.42 Å². The molecule has 23 heavy (non-hydrogen) atoms. The molecule has 4 rings (SSSR count). The molecule has 1 heterocycles. The Morgan fingerprint density at radius 3 is 2.30 bits per heavy atom. The zero-order chi connectivity index (χ0) is 15.8. The summed E-state index contributed by atoms with van der Waals surface area (Å²) in [4.78, 5) is 2.81. The second-order valence-corrected chi connectivity index (χ2v) is 7.47. The number of benzene rings is 3. The molecular formula is C22H20S. The first-order valence-electron chi connectivity index (χ1n) is 8.16. The van der Waals surface area contributed by atoms with Gasteiger partial charge in [-0.2, -0.15) is 0 Å². The maximum Gasteiger partial charge on any atom is 0.0158 e. The van der Waals surface area contributed by atoms with Gasteiger partial charge >= 0.3 is 0 Å². The first-order valence-corrected chi connectivity index (χ1v) is 8.97. The van der Waals surface area contributed by atoms with Crippen LogP contribution in [0.3, 0.4) is 0 Å². The monoisotopic (exact) mass is 316 g/mol. The molecule has 0 nitrogen and oxygen atoms in total. The highest BCUT2D eigenvalue weighted by atomic mass is 32.2. The van der Waals surface area contributed by atoms with Crippen LogP contribution in [0.25, 0.3) is 0 Å². The Morgan fingerprint density at radius 1 is 0.783 bits per heavy atom. The van der Waals surface area contributed by atoms with E-state index < -0.39 is 0 Å². The van der Waals surface area contributed by atoms with Gasteiger partial charge in [-0.05, 0) is 47.7 Å². The lowest BCUT2D eigenvalue weighted by Crippen LogP contribution is -2.02. The standard InChI is InChI=1S/C22H20S/c1-15-7-9-17(10-8-15)16(2)18-11-12-22-20(13-18)14-19-5-3-4-6-21(19)23-22/h3-13,16H,14H2,1-2H3. The topological polar surface area (TPSA) is 0 Å². The van der Waals surface area contributed by atoms with Gasteiger partial charge in [-0.1, -0.05) is 78.8 Å². The maximum absolute atomic E-state index is 2.41. The molecule has 0 aliphatic carbocycles. The number of fused-ring (bicyclic) bond motifs is 2. The molecule has 0 saturated heterocycles. The lowest BCUT2D eigenvalue weighted by atomic mass is 9.90. The van der Waals surface area contributed by atoms with Crippen LogP contribution >= 0.6 is 11.8 Å². The van der Waals surface area contributed by atoms with Crippen LogP contribution < -0.4 is 0 Å². The number of hydrogen-bond donors (Lipinski definition) is 0. The molecule has 0 amide bonds. The van der Waals surface area contributed by atoms with Crippen molar-refractivity contribution < 1.29 is 0 Å². The first kappa shape index (κ1) is 14.6. The SMILES string of the molecule is Cc1ccc(C(C)c2ccc3c(c2)Cc2ccccc2S3)cc1. The van der Waals surface area contributed by atoms with Crippen molar-refractivity contribution in [3.8, 4) is 0 Å². The lowest BCUT2D eigenvalue weighted by Gasteiger charge is -2.21. The zero-order valence-electron chi connectivity index (χ0n) is 13.5. The highest BCUT2D eigenvalue weighted by Crippen LogP contribution is 2.40. The van der Waals surface area contributed by atoms with Crippen molar-refractivity contribution in [3.05, 3.63) is 94.5 Å². The molecule has 3 aromatic rings. The van der Waals surface area contributed by atoms with Gasteiger partial charge in [-0.25, -0.2) is 0 Å². The molecule has 1 unspecified atom stereocenters. The Balaban J connectivity index is 1.67. The van der Waals surface area contributed by atoms with Crippen LogP contribution in [0.1, 0.15) is 40.7 Å². The predicted molar refractivity (Wildman–Crippen MR) is 98.5 cm³/mol. The molecule has 0 aromatic heterocycles. The summed E-state index contributed by atoms with van der Waals surface area (Å²) in [6.07, 6.45) is 1.05. The average Bonchev–Trinajstić information content (AvgIpc) is 2.59. The van der Waals surface area contributed by atoms with Crippen LogP contribution in [0.4, 0.5) is 0 Å². The third-order valence-corrected chi connectivity index (χ3v) is 5.97. The van der Waals surface area contributed by atoms with Crippen molar-refractivity contribution in [2.75, 3.05) is 0 Å². The fraction of sp³-hybridized carbons (Fsp3) is 0.182. The Kier molecular flexibility index (Phi) is 3.74. The van der Waals surface area contributed by atoms with E-state index in [9.17, 15) is 0 Å². The molecule has 0 fully saturated rings. The molecule has 0 N–H and O–H groups in total. The van der Waals surface area contributed by atoms with E-state index >= 15 is 0 Å². The van der Waals surface area contributed by atoms with Crippen molar-refractivity contribution in [1.29, 1.82) is 0 Å². The van der Waals surface area contributed by atoms with Crippen LogP contribution in [-0.4, -0.2) is 0 Å². The molecular weight excluding hydrogens is 296 g/mol. The molecule has 1 atom stereocenters. The largest absolute Gasteiger partial charge is 0.0895 e. The number of aryl methyl sites for hydroxylation is 1. The van der Waals surface area contributed by atoms with E-state index in [-0.39, 0.29) is 0 Å². The number of rotatable bonds is 2. The summed E-state index contributed by atoms with van der Waals surface area (Å²) in [5, 5.41) is 0. The third kappa shape index (κ3) is 2.82. The molecule has 0 spiro atoms. The summed E-state index contributed by atoms with van der Waals surface area (Å²) < 4.78 is 0. The van der Waals surface area contributed by atoms with Crippen molar-refractivity contribution in [1.82, 2.24) is 0 Å². The molecule has 1 aliphatic rings. The number of hydrogen-bond acceptors (Lipinski definition) is 1. The molecule has 0 saturated carbocycles. The van der Waals surface area contributed by atoms with Gasteiger partial charge in [-0.3, -0.25) is 0 Å². The summed E-state index contributed by atoms with van der Waals surface area (Å²) >= 11 is 1.90. The minimum absolute atomic E-state index is 0.433. The van der Waals surface area contributed by atoms with Gasteiger partial charge in [0.15, 0.2) is 0 Å². The van der Waals surface area contributed by atoms with E-state index in [2.05, 4.69) is 80.6 Å². The highest BCUT2D eigenvalue weighted by Gasteiger charge is 2.17. The highest BCUT2D eigenvalue weighted by molar-refractivity contribution is 7.99. The summed E-state index contributed by atoms with van der Waals surface area (Å²) in [6.45, 7) is 4.44. The Bertz CT molecular complexity index is 846. The summed E-state index contributed by atoms with van der Waals surface area (Å²) in [6, 6.07) is 24.7. The lowest BCUT2D eigenvalue weighted by molar-refractivity contribution is 0.908. The fourth-order valence-electron chi connectivity index (χ4n) is 3.23. The van der Waals surface area contributed by atoms with Crippen molar-refractivity contribution in [3.63, 3.8) is 0 Å². The van der Waals surface area contributed by atoms with Crippen LogP contribution in [0.5, 0.6) is 0 Å². The molecule has 3 aromatic carbocycles. The minimum atomic E-state index is 0.433. The van der Waals surface area contributed by atoms with E-state index in [4.69, 9.17) is 0 Å². The maximum atomic E-state index is 2.41. The third-order valence-electron chi connectivity index (χ3n) is 4.74. The minimum Gasteiger partial charge on any atom is -0.0895 e. The second kappa shape index (κ2) is 5.90. The Labute approximate surface area is 142 Å². The summed E-state index contributed by atoms with van der Waals surface area (Å²) in [5.41, 5.74) is 7.03. The predicted octanol–water partition coefficient (Wildman–Crippen LogP) is 6.20. The normalized spacial score (nSPS) is 14.0. The van der Waals surface area contributed by atoms with Crippen LogP contribution in [0.15, 0.2) is 76.5 Å². The summed E-state index contributed by atoms with van der Waals surface area (Å²) in [7, 11) is 0. The zero-order valence-corrected chi connectivity index (χ0v) is 14.4. The molecule has 0 bridgehead atoms. The van der Waals surface area contributed by atoms with Gasteiger partial charge in [0.05, 0.1) is 0 Å². The van der Waals surface area contributed by atoms with Gasteiger partial charge in [-0.15, -0.1) is 0 Å². The van der Waals surface area contributed by atoms with Gasteiger partial charge in [0.2, 0.25) is 0 Å². The Hall–Kier alpha value is -1.99. The van der Waals surface area contributed by atoms with E-state index in [1.54, 1.807) is 0 Å². The van der Waals surface area contributed by atoms with Crippen molar-refractivity contribution >= 4 is 11.8 Å². The van der Waals surface area contributed by atoms with Crippen molar-refractivity contribution in [2.24, 2.45) is 0 Å². The van der Waals surface area contributed by atoms with E-state index in [1.807, 2.05) is 11.8 Å². The van der Waals surface area contributed by atoms with E-state index in [1.165, 1.54) is 37.6 Å². The fourth-order valence-corrected chi connectivity index (χ4v) is 4.28. The van der Waals surface area contributed by atoms with Gasteiger partial charge < -0.3 is 0 Å². The van der Waals surface area contributed by atoms with E-state index in [0.717, 1.165) is 6.42 Å². The van der Waals surface area contributed by atoms with Crippen molar-refractivity contribution in [2.45, 2.75) is 36.0 Å². The molecule has 0 radical (unpaired) electrons. The molecule has 1 heteroatoms. The van der Waals surface area contributed by atoms with Gasteiger partial charge in [0.25, 0.3) is 0 Å². The summed E-state index contributed by atoms with van der Waals surface area (Å²) in [5.74, 6) is 0.433. The van der Waals surface area contributed by atoms with Crippen LogP contribution in [0.2, 0.25) is 0 Å². The first-order chi connectivity index (χ1) is 11.2. The van der Waals surface area contributed by atoms with Gasteiger partial charge in [0.1, 0.15) is 0 Å². The average molecular weight is 316 g/mol. The smallest absolute Gasteiger partial charge is 0.0158 e. The van der Waals surface area contributed by atoms with Crippen LogP contribution in [0, 0.1) is 6.92 Å². The second-order valence-electron chi connectivity index (χ2n) is 6.39.